The van der Waals surface area contributed by atoms with Crippen LogP contribution in [0.4, 0.5) is 5.69 Å². The van der Waals surface area contributed by atoms with E-state index in [4.69, 9.17) is 5.73 Å². The maximum Gasteiger partial charge on any atom is 0.0465 e. The van der Waals surface area contributed by atoms with Crippen LogP contribution in [0.3, 0.4) is 0 Å². The van der Waals surface area contributed by atoms with Crippen LogP contribution in [0.2, 0.25) is 0 Å². The summed E-state index contributed by atoms with van der Waals surface area (Å²) in [6.07, 6.45) is 0. The number of nitrogens with two attached hydrogens (primary N) is 1. The normalized spacial score (nSPS) is 11.8. The molecule has 0 aliphatic carbocycles. The lowest BCUT2D eigenvalue weighted by molar-refractivity contribution is 1.54. The number of aromatic amines is 2. The Hall–Kier alpha value is -4.50. The summed E-state index contributed by atoms with van der Waals surface area (Å²) in [5.74, 6) is 0. The van der Waals surface area contributed by atoms with Crippen LogP contribution in [0.25, 0.3) is 65.9 Å². The third-order valence-corrected chi connectivity index (χ3v) is 6.71. The first-order valence-electron chi connectivity index (χ1n) is 11.2. The topological polar surface area (TPSA) is 57.6 Å². The molecule has 33 heavy (non-hydrogen) atoms. The largest absolute Gasteiger partial charge is 0.398 e. The number of para-hydroxylation sites is 2. The molecule has 0 amide bonds. The van der Waals surface area contributed by atoms with E-state index in [1.807, 2.05) is 6.07 Å². The standard InChI is InChI=1S/C30H21N3/c31-26-12-9-18(19-10-13-29-24(16-19)21-5-1-3-7-27(21)32-29)15-23(26)20-11-14-30-25(17-20)22-6-2-4-8-28(22)33-30/h1-17,32-33H,31H2. The number of nitrogen functional groups attached to an aromatic ring is 1. The number of benzene rings is 5. The highest BCUT2D eigenvalue weighted by molar-refractivity contribution is 6.10. The van der Waals surface area contributed by atoms with Gasteiger partial charge in [-0.15, -0.1) is 0 Å². The van der Waals surface area contributed by atoms with E-state index in [1.54, 1.807) is 0 Å². The molecule has 0 bridgehead atoms. The summed E-state index contributed by atoms with van der Waals surface area (Å²) in [4.78, 5) is 7.01. The molecule has 3 heteroatoms. The lowest BCUT2D eigenvalue weighted by Gasteiger charge is -2.10. The van der Waals surface area contributed by atoms with Crippen molar-refractivity contribution in [2.75, 3.05) is 5.73 Å². The third kappa shape index (κ3) is 2.76. The molecule has 2 heterocycles. The Morgan fingerprint density at radius 2 is 0.909 bits per heavy atom. The van der Waals surface area contributed by atoms with E-state index in [1.165, 1.54) is 27.1 Å². The van der Waals surface area contributed by atoms with Gasteiger partial charge in [0.1, 0.15) is 0 Å². The first kappa shape index (κ1) is 18.1. The highest BCUT2D eigenvalue weighted by Gasteiger charge is 2.11. The minimum absolute atomic E-state index is 0.783. The predicted molar refractivity (Wildman–Crippen MR) is 140 cm³/mol. The van der Waals surface area contributed by atoms with Gasteiger partial charge in [-0.05, 0) is 65.2 Å². The van der Waals surface area contributed by atoms with E-state index in [0.29, 0.717) is 0 Å². The number of hydrogen-bond acceptors (Lipinski definition) is 1. The molecule has 0 radical (unpaired) electrons. The second-order valence-corrected chi connectivity index (χ2v) is 8.66. The van der Waals surface area contributed by atoms with Crippen molar-refractivity contribution in [2.24, 2.45) is 0 Å². The summed E-state index contributed by atoms with van der Waals surface area (Å²) in [6.45, 7) is 0. The van der Waals surface area contributed by atoms with Gasteiger partial charge in [0.25, 0.3) is 0 Å². The van der Waals surface area contributed by atoms with Crippen molar-refractivity contribution in [3.63, 3.8) is 0 Å². The average molecular weight is 424 g/mol. The fraction of sp³-hybridized carbons (Fsp3) is 0. The van der Waals surface area contributed by atoms with Crippen molar-refractivity contribution in [3.8, 4) is 22.3 Å². The number of H-pyrrole nitrogens is 2. The van der Waals surface area contributed by atoms with E-state index < -0.39 is 0 Å². The molecule has 0 aliphatic heterocycles. The summed E-state index contributed by atoms with van der Waals surface area (Å²) in [5.41, 5.74) is 16.4. The Kier molecular flexibility index (Phi) is 3.70. The zero-order chi connectivity index (χ0) is 21.9. The fourth-order valence-electron chi connectivity index (χ4n) is 5.03. The molecule has 0 spiro atoms. The van der Waals surface area contributed by atoms with E-state index in [2.05, 4.69) is 107 Å². The van der Waals surface area contributed by atoms with Crippen molar-refractivity contribution >= 4 is 49.3 Å². The van der Waals surface area contributed by atoms with Crippen LogP contribution in [-0.2, 0) is 0 Å². The van der Waals surface area contributed by atoms with E-state index in [-0.39, 0.29) is 0 Å². The Morgan fingerprint density at radius 3 is 1.58 bits per heavy atom. The van der Waals surface area contributed by atoms with Crippen LogP contribution < -0.4 is 5.73 Å². The van der Waals surface area contributed by atoms with Gasteiger partial charge in [0.2, 0.25) is 0 Å². The SMILES string of the molecule is Nc1ccc(-c2ccc3[nH]c4ccccc4c3c2)cc1-c1ccc2[nH]c3ccccc3c2c1. The Bertz CT molecular complexity index is 1830. The molecular weight excluding hydrogens is 402 g/mol. The van der Waals surface area contributed by atoms with Gasteiger partial charge in [0.15, 0.2) is 0 Å². The summed E-state index contributed by atoms with van der Waals surface area (Å²) >= 11 is 0. The van der Waals surface area contributed by atoms with Crippen LogP contribution in [-0.4, -0.2) is 9.97 Å². The van der Waals surface area contributed by atoms with Crippen LogP contribution in [0.15, 0.2) is 103 Å². The van der Waals surface area contributed by atoms with E-state index in [9.17, 15) is 0 Å². The van der Waals surface area contributed by atoms with Gasteiger partial charge in [-0.2, -0.15) is 0 Å². The molecule has 0 saturated carbocycles. The van der Waals surface area contributed by atoms with Crippen molar-refractivity contribution in [1.29, 1.82) is 0 Å². The van der Waals surface area contributed by atoms with Gasteiger partial charge in [-0.3, -0.25) is 0 Å². The fourth-order valence-corrected chi connectivity index (χ4v) is 5.03. The molecule has 7 rings (SSSR count). The second-order valence-electron chi connectivity index (χ2n) is 8.66. The molecule has 0 aliphatic rings. The van der Waals surface area contributed by atoms with Crippen molar-refractivity contribution in [3.05, 3.63) is 103 Å². The number of aromatic nitrogens is 2. The van der Waals surface area contributed by atoms with Crippen LogP contribution in [0.1, 0.15) is 0 Å². The quantitative estimate of drug-likeness (QED) is 0.243. The summed E-state index contributed by atoms with van der Waals surface area (Å²) in [6, 6.07) is 36.4. The molecule has 7 aromatic rings. The minimum atomic E-state index is 0.783. The maximum atomic E-state index is 6.47. The molecular formula is C30H21N3. The average Bonchev–Trinajstić information content (AvgIpc) is 3.42. The van der Waals surface area contributed by atoms with Gasteiger partial charge in [0.05, 0.1) is 0 Å². The highest BCUT2D eigenvalue weighted by Crippen LogP contribution is 2.36. The first-order chi connectivity index (χ1) is 16.2. The zero-order valence-electron chi connectivity index (χ0n) is 17.9. The van der Waals surface area contributed by atoms with Gasteiger partial charge < -0.3 is 15.7 Å². The highest BCUT2D eigenvalue weighted by atomic mass is 14.7. The Labute approximate surface area is 190 Å². The Balaban J connectivity index is 1.39. The molecule has 0 atom stereocenters. The third-order valence-electron chi connectivity index (χ3n) is 6.71. The minimum Gasteiger partial charge on any atom is -0.398 e. The number of rotatable bonds is 2. The molecule has 2 aromatic heterocycles. The van der Waals surface area contributed by atoms with E-state index in [0.717, 1.165) is 44.4 Å². The van der Waals surface area contributed by atoms with Crippen LogP contribution in [0, 0.1) is 0 Å². The summed E-state index contributed by atoms with van der Waals surface area (Å²) in [5, 5.41) is 4.93. The van der Waals surface area contributed by atoms with Gasteiger partial charge >= 0.3 is 0 Å². The molecule has 5 aromatic carbocycles. The van der Waals surface area contributed by atoms with E-state index >= 15 is 0 Å². The van der Waals surface area contributed by atoms with Gasteiger partial charge in [0, 0.05) is 54.9 Å². The van der Waals surface area contributed by atoms with Crippen molar-refractivity contribution < 1.29 is 0 Å². The van der Waals surface area contributed by atoms with Gasteiger partial charge in [-0.1, -0.05) is 54.6 Å². The van der Waals surface area contributed by atoms with Crippen LogP contribution in [0.5, 0.6) is 0 Å². The molecule has 156 valence electrons. The number of nitrogens with one attached hydrogen (secondary N) is 2. The second kappa shape index (κ2) is 6.75. The molecule has 0 fully saturated rings. The number of hydrogen-bond donors (Lipinski definition) is 3. The lowest BCUT2D eigenvalue weighted by Crippen LogP contribution is -1.91. The number of fused-ring (bicyclic) bond motifs is 6. The van der Waals surface area contributed by atoms with Crippen molar-refractivity contribution in [2.45, 2.75) is 0 Å². The summed E-state index contributed by atoms with van der Waals surface area (Å²) < 4.78 is 0. The molecule has 3 nitrogen and oxygen atoms in total. The first-order valence-corrected chi connectivity index (χ1v) is 11.2. The summed E-state index contributed by atoms with van der Waals surface area (Å²) in [7, 11) is 0. The smallest absolute Gasteiger partial charge is 0.0465 e. The van der Waals surface area contributed by atoms with Crippen molar-refractivity contribution in [1.82, 2.24) is 9.97 Å². The predicted octanol–water partition coefficient (Wildman–Crippen LogP) is 7.87. The monoisotopic (exact) mass is 423 g/mol. The molecule has 4 N–H and O–H groups in total. The lowest BCUT2D eigenvalue weighted by atomic mass is 9.95. The van der Waals surface area contributed by atoms with Crippen LogP contribution >= 0.6 is 0 Å². The maximum absolute atomic E-state index is 6.47. The Morgan fingerprint density at radius 1 is 0.424 bits per heavy atom. The zero-order valence-corrected chi connectivity index (χ0v) is 17.9. The van der Waals surface area contributed by atoms with Gasteiger partial charge in [-0.25, -0.2) is 0 Å². The molecule has 0 saturated heterocycles. The number of anilines is 1. The molecule has 0 unspecified atom stereocenters.